The minimum Gasteiger partial charge on any atom is -0.479 e. The Bertz CT molecular complexity index is 986. The molecule has 5 N–H and O–H groups in total. The molecular weight excluding hydrogens is 390 g/mol. The van der Waals surface area contributed by atoms with Gasteiger partial charge in [-0.15, -0.1) is 0 Å². The van der Waals surface area contributed by atoms with Crippen LogP contribution in [0, 0.1) is 0 Å². The SMILES string of the molecule is CNC(=O)Cc1cc(=O)oc2cc(OC3OC(C(=O)O)[C@@H](O)[C@@H](O)C3O)ccc12. The largest absolute Gasteiger partial charge is 0.479 e. The van der Waals surface area contributed by atoms with Crippen LogP contribution in [0.5, 0.6) is 5.75 Å². The highest BCUT2D eigenvalue weighted by molar-refractivity contribution is 5.87. The molecule has 29 heavy (non-hydrogen) atoms. The molecule has 0 spiro atoms. The zero-order valence-corrected chi connectivity index (χ0v) is 15.1. The molecule has 1 aliphatic heterocycles. The summed E-state index contributed by atoms with van der Waals surface area (Å²) in [6, 6.07) is 5.44. The number of carboxylic acids is 1. The molecule has 1 fully saturated rings. The number of hydrogen-bond acceptors (Lipinski definition) is 9. The number of benzene rings is 1. The molecule has 0 saturated carbocycles. The zero-order valence-electron chi connectivity index (χ0n) is 15.1. The van der Waals surface area contributed by atoms with Crippen LogP contribution in [0.25, 0.3) is 11.0 Å². The molecule has 1 aromatic carbocycles. The molecule has 1 aliphatic rings. The van der Waals surface area contributed by atoms with E-state index in [1.807, 2.05) is 0 Å². The lowest BCUT2D eigenvalue weighted by atomic mass is 9.99. The average molecular weight is 409 g/mol. The molecule has 11 heteroatoms. The third-order valence-electron chi connectivity index (χ3n) is 4.50. The van der Waals surface area contributed by atoms with E-state index in [0.717, 1.165) is 0 Å². The van der Waals surface area contributed by atoms with Crippen molar-refractivity contribution in [3.63, 3.8) is 0 Å². The van der Waals surface area contributed by atoms with Crippen molar-refractivity contribution in [1.29, 1.82) is 0 Å². The standard InChI is InChI=1S/C18H19NO10/c1-19-11(20)4-7-5-12(21)28-10-6-8(2-3-9(7)10)27-18-15(24)13(22)14(23)16(29-18)17(25)26/h2-3,5-6,13-16,18,22-24H,4H2,1H3,(H,19,20)(H,25,26)/t13-,14+,15?,16?,18?/m1/s1. The summed E-state index contributed by atoms with van der Waals surface area (Å²) < 4.78 is 15.6. The highest BCUT2D eigenvalue weighted by Crippen LogP contribution is 2.27. The minimum atomic E-state index is -1.84. The third-order valence-corrected chi connectivity index (χ3v) is 4.50. The van der Waals surface area contributed by atoms with Gasteiger partial charge in [0.2, 0.25) is 12.2 Å². The van der Waals surface area contributed by atoms with Gasteiger partial charge in [0.05, 0.1) is 6.42 Å². The molecular formula is C18H19NO10. The van der Waals surface area contributed by atoms with Gasteiger partial charge in [0.1, 0.15) is 29.6 Å². The summed E-state index contributed by atoms with van der Waals surface area (Å²) in [7, 11) is 1.47. The van der Waals surface area contributed by atoms with E-state index >= 15 is 0 Å². The van der Waals surface area contributed by atoms with Crippen molar-refractivity contribution in [1.82, 2.24) is 5.32 Å². The van der Waals surface area contributed by atoms with Gasteiger partial charge in [0, 0.05) is 24.6 Å². The predicted octanol–water partition coefficient (Wildman–Crippen LogP) is -1.65. The van der Waals surface area contributed by atoms with E-state index in [0.29, 0.717) is 10.9 Å². The van der Waals surface area contributed by atoms with Crippen molar-refractivity contribution in [2.75, 3.05) is 7.05 Å². The summed E-state index contributed by atoms with van der Waals surface area (Å²) in [6.07, 6.45) is -8.85. The Labute approximate surface area is 163 Å². The first-order chi connectivity index (χ1) is 13.7. The number of amides is 1. The lowest BCUT2D eigenvalue weighted by Gasteiger charge is -2.38. The van der Waals surface area contributed by atoms with Crippen LogP contribution >= 0.6 is 0 Å². The van der Waals surface area contributed by atoms with Gasteiger partial charge < -0.3 is 39.6 Å². The Balaban J connectivity index is 1.90. The van der Waals surface area contributed by atoms with Gasteiger partial charge in [0.25, 0.3) is 0 Å². The fraction of sp³-hybridized carbons (Fsp3) is 0.389. The van der Waals surface area contributed by atoms with Crippen molar-refractivity contribution in [3.8, 4) is 5.75 Å². The molecule has 2 heterocycles. The molecule has 1 saturated heterocycles. The maximum atomic E-state index is 11.8. The molecule has 156 valence electrons. The second-order valence-electron chi connectivity index (χ2n) is 6.45. The van der Waals surface area contributed by atoms with E-state index in [1.165, 1.54) is 31.3 Å². The summed E-state index contributed by atoms with van der Waals surface area (Å²) in [5.74, 6) is -1.81. The Morgan fingerprint density at radius 3 is 2.52 bits per heavy atom. The summed E-state index contributed by atoms with van der Waals surface area (Å²) in [5.41, 5.74) is -0.165. The first-order valence-electron chi connectivity index (χ1n) is 8.57. The van der Waals surface area contributed by atoms with Gasteiger partial charge in [-0.05, 0) is 17.7 Å². The number of carbonyl (C=O) groups excluding carboxylic acids is 1. The first-order valence-corrected chi connectivity index (χ1v) is 8.57. The number of ether oxygens (including phenoxy) is 2. The second kappa shape index (κ2) is 8.17. The van der Waals surface area contributed by atoms with E-state index in [4.69, 9.17) is 19.0 Å². The van der Waals surface area contributed by atoms with Crippen LogP contribution in [0.1, 0.15) is 5.56 Å². The number of aliphatic hydroxyl groups excluding tert-OH is 3. The van der Waals surface area contributed by atoms with Crippen molar-refractivity contribution in [2.24, 2.45) is 0 Å². The number of nitrogens with one attached hydrogen (secondary N) is 1. The predicted molar refractivity (Wildman–Crippen MR) is 95.2 cm³/mol. The van der Waals surface area contributed by atoms with Crippen molar-refractivity contribution >= 4 is 22.8 Å². The third kappa shape index (κ3) is 4.22. The van der Waals surface area contributed by atoms with Crippen LogP contribution in [0.3, 0.4) is 0 Å². The fourth-order valence-corrected chi connectivity index (χ4v) is 2.97. The van der Waals surface area contributed by atoms with Gasteiger partial charge in [-0.1, -0.05) is 0 Å². The molecule has 2 aromatic rings. The van der Waals surface area contributed by atoms with Gasteiger partial charge >= 0.3 is 11.6 Å². The van der Waals surface area contributed by atoms with E-state index in [1.54, 1.807) is 0 Å². The summed E-state index contributed by atoms with van der Waals surface area (Å²) >= 11 is 0. The summed E-state index contributed by atoms with van der Waals surface area (Å²) in [4.78, 5) is 34.6. The Hall–Kier alpha value is -2.99. The van der Waals surface area contributed by atoms with E-state index in [2.05, 4.69) is 5.32 Å². The Morgan fingerprint density at radius 2 is 1.86 bits per heavy atom. The number of likely N-dealkylation sites (N-methyl/N-ethyl adjacent to an activating group) is 1. The number of carboxylic acid groups (broad SMARTS) is 1. The number of fused-ring (bicyclic) bond motifs is 1. The lowest BCUT2D eigenvalue weighted by Crippen LogP contribution is -2.61. The lowest BCUT2D eigenvalue weighted by molar-refractivity contribution is -0.271. The monoisotopic (exact) mass is 409 g/mol. The second-order valence-corrected chi connectivity index (χ2v) is 6.45. The number of hydrogen-bond donors (Lipinski definition) is 5. The highest BCUT2D eigenvalue weighted by Gasteiger charge is 2.48. The quantitative estimate of drug-likeness (QED) is 0.360. The van der Waals surface area contributed by atoms with Crippen LogP contribution in [0.4, 0.5) is 0 Å². The number of carbonyl (C=O) groups is 2. The van der Waals surface area contributed by atoms with Gasteiger partial charge in [0.15, 0.2) is 6.10 Å². The average Bonchev–Trinajstić information content (AvgIpc) is 2.67. The summed E-state index contributed by atoms with van der Waals surface area (Å²) in [6.45, 7) is 0. The molecule has 0 aliphatic carbocycles. The van der Waals surface area contributed by atoms with Gasteiger partial charge in [-0.3, -0.25) is 4.79 Å². The van der Waals surface area contributed by atoms with Crippen LogP contribution in [-0.2, 0) is 20.7 Å². The molecule has 3 rings (SSSR count). The van der Waals surface area contributed by atoms with Gasteiger partial charge in [-0.25, -0.2) is 9.59 Å². The molecule has 0 radical (unpaired) electrons. The van der Waals surface area contributed by atoms with Crippen molar-refractivity contribution in [2.45, 2.75) is 37.1 Å². The van der Waals surface area contributed by atoms with Crippen molar-refractivity contribution in [3.05, 3.63) is 40.2 Å². The first kappa shape index (κ1) is 20.7. The summed E-state index contributed by atoms with van der Waals surface area (Å²) in [5, 5.41) is 41.6. The molecule has 0 bridgehead atoms. The Kier molecular flexibility index (Phi) is 5.84. The normalized spacial score (nSPS) is 26.8. The number of rotatable bonds is 5. The maximum Gasteiger partial charge on any atom is 0.336 e. The number of aliphatic hydroxyl groups is 3. The topological polar surface area (TPSA) is 176 Å². The van der Waals surface area contributed by atoms with E-state index in [-0.39, 0.29) is 23.7 Å². The Morgan fingerprint density at radius 1 is 1.14 bits per heavy atom. The molecule has 3 unspecified atom stereocenters. The smallest absolute Gasteiger partial charge is 0.336 e. The maximum absolute atomic E-state index is 11.8. The highest BCUT2D eigenvalue weighted by atomic mass is 16.7. The molecule has 1 amide bonds. The fourth-order valence-electron chi connectivity index (χ4n) is 2.97. The minimum absolute atomic E-state index is 0.0366. The van der Waals surface area contributed by atoms with Crippen LogP contribution < -0.4 is 15.7 Å². The van der Waals surface area contributed by atoms with E-state index in [9.17, 15) is 29.7 Å². The van der Waals surface area contributed by atoms with Gasteiger partial charge in [-0.2, -0.15) is 0 Å². The van der Waals surface area contributed by atoms with Crippen LogP contribution in [-0.4, -0.2) is 70.1 Å². The molecule has 1 aromatic heterocycles. The van der Waals surface area contributed by atoms with Crippen LogP contribution in [0.2, 0.25) is 0 Å². The molecule has 5 atom stereocenters. The van der Waals surface area contributed by atoms with Crippen LogP contribution in [0.15, 0.2) is 33.5 Å². The number of aliphatic carboxylic acids is 1. The zero-order chi connectivity index (χ0) is 21.3. The van der Waals surface area contributed by atoms with Crippen molar-refractivity contribution < 1.29 is 43.9 Å². The molecule has 11 nitrogen and oxygen atoms in total. The van der Waals surface area contributed by atoms with E-state index < -0.39 is 42.3 Å².